The van der Waals surface area contributed by atoms with Gasteiger partial charge in [-0.2, -0.15) is 13.2 Å². The lowest BCUT2D eigenvalue weighted by molar-refractivity contribution is -0.644. The fraction of sp³-hybridized carbons (Fsp3) is 0.333. The molecular weight excluding hydrogens is 442 g/mol. The van der Waals surface area contributed by atoms with Crippen molar-refractivity contribution in [1.82, 2.24) is 5.16 Å². The Hall–Kier alpha value is -1.78. The maximum absolute atomic E-state index is 10.5. The molecular formula is C15H15F3INO4. The molecule has 0 radical (unpaired) electrons. The van der Waals surface area contributed by atoms with Crippen molar-refractivity contribution in [2.24, 2.45) is 0 Å². The molecule has 5 nitrogen and oxygen atoms in total. The topological polar surface area (TPSA) is 75.4 Å². The molecule has 132 valence electrons. The van der Waals surface area contributed by atoms with E-state index in [9.17, 15) is 13.2 Å². The van der Waals surface area contributed by atoms with E-state index in [1.165, 1.54) is 9.13 Å². The summed E-state index contributed by atoms with van der Waals surface area (Å²) in [4.78, 5) is 8.78. The van der Waals surface area contributed by atoms with E-state index >= 15 is 0 Å². The van der Waals surface area contributed by atoms with E-state index in [0.29, 0.717) is 0 Å². The Labute approximate surface area is 147 Å². The number of alkyl halides is 4. The molecule has 24 heavy (non-hydrogen) atoms. The van der Waals surface area contributed by atoms with Crippen LogP contribution in [0.4, 0.5) is 13.2 Å². The molecule has 0 saturated carbocycles. The van der Waals surface area contributed by atoms with Crippen molar-refractivity contribution in [2.75, 3.05) is 7.11 Å². The third-order valence-corrected chi connectivity index (χ3v) is 6.26. The minimum atomic E-state index is -5.19. The highest BCUT2D eigenvalue weighted by molar-refractivity contribution is 5.70. The van der Waals surface area contributed by atoms with Gasteiger partial charge in [-0.3, -0.25) is 0 Å². The minimum absolute atomic E-state index is 0.0692. The molecule has 0 unspecified atom stereocenters. The number of halogens is 4. The summed E-state index contributed by atoms with van der Waals surface area (Å²) in [5.41, 5.74) is 2.39. The molecule has 0 N–H and O–H groups in total. The number of benzene rings is 1. The molecule has 0 aliphatic heterocycles. The first-order valence-corrected chi connectivity index (χ1v) is 9.18. The highest BCUT2D eigenvalue weighted by atomic mass is 127. The van der Waals surface area contributed by atoms with Crippen molar-refractivity contribution in [1.29, 1.82) is 0 Å². The fourth-order valence-corrected chi connectivity index (χ4v) is 4.14. The molecule has 0 saturated heterocycles. The monoisotopic (exact) mass is 457 g/mol. The first-order valence-electron chi connectivity index (χ1n) is 6.58. The molecule has 0 aliphatic carbocycles. The first-order chi connectivity index (χ1) is 11.1. The van der Waals surface area contributed by atoms with Crippen LogP contribution in [-0.2, 0) is 9.22 Å². The van der Waals surface area contributed by atoms with Gasteiger partial charge in [-0.1, -0.05) is 17.3 Å². The summed E-state index contributed by atoms with van der Waals surface area (Å²) in [5, 5.41) is 12.8. The number of carbonyl (C=O) groups excluding carboxylic acids is 1. The fourth-order valence-electron chi connectivity index (χ4n) is 1.52. The van der Waals surface area contributed by atoms with E-state index in [4.69, 9.17) is 19.2 Å². The van der Waals surface area contributed by atoms with Crippen molar-refractivity contribution in [3.63, 3.8) is 0 Å². The third-order valence-electron chi connectivity index (χ3n) is 2.69. The van der Waals surface area contributed by atoms with Crippen LogP contribution < -0.4 is 31.0 Å². The number of aryl methyl sites for hydroxylation is 2. The van der Waals surface area contributed by atoms with Crippen LogP contribution in [0.5, 0.6) is 5.75 Å². The number of nitrogens with zero attached hydrogens (tertiary/aromatic N) is 1. The van der Waals surface area contributed by atoms with Crippen molar-refractivity contribution in [3.8, 4) is 5.75 Å². The Morgan fingerprint density at radius 1 is 1.29 bits per heavy atom. The molecule has 0 amide bonds. The van der Waals surface area contributed by atoms with Gasteiger partial charge in [0.15, 0.2) is 10.2 Å². The number of hydrogen-bond donors (Lipinski definition) is 0. The van der Waals surface area contributed by atoms with Gasteiger partial charge in [-0.05, 0) is 19.1 Å². The van der Waals surface area contributed by atoms with Gasteiger partial charge in [0.05, 0.1) is 7.11 Å². The van der Waals surface area contributed by atoms with Gasteiger partial charge in [0.1, 0.15) is 17.4 Å². The van der Waals surface area contributed by atoms with Crippen LogP contribution in [0.2, 0.25) is 0 Å². The van der Waals surface area contributed by atoms with Gasteiger partial charge in [0, 0.05) is 12.5 Å². The maximum Gasteiger partial charge on any atom is 0.430 e. The SMILES string of the molecule is COc1ccc(C[I+]c2c(C)noc2C)cc1.O=C([O-])C(F)(F)F. The summed E-state index contributed by atoms with van der Waals surface area (Å²) in [6.07, 6.45) is -5.19. The van der Waals surface area contributed by atoms with E-state index in [-0.39, 0.29) is 21.2 Å². The molecule has 0 bridgehead atoms. The molecule has 2 rings (SSSR count). The number of aliphatic carboxylic acids is 1. The average Bonchev–Trinajstić information content (AvgIpc) is 2.84. The zero-order valence-electron chi connectivity index (χ0n) is 13.1. The smallest absolute Gasteiger partial charge is 0.430 e. The number of carbonyl (C=O) groups is 1. The quantitative estimate of drug-likeness (QED) is 0.438. The van der Waals surface area contributed by atoms with Crippen molar-refractivity contribution in [2.45, 2.75) is 24.5 Å². The predicted octanol–water partition coefficient (Wildman–Crippen LogP) is -0.943. The maximum atomic E-state index is 10.5. The van der Waals surface area contributed by atoms with Crippen molar-refractivity contribution >= 4 is 5.97 Å². The lowest BCUT2D eigenvalue weighted by Crippen LogP contribution is -3.61. The van der Waals surface area contributed by atoms with Gasteiger partial charge in [0.25, 0.3) is 3.57 Å². The molecule has 1 aromatic heterocycles. The van der Waals surface area contributed by atoms with Crippen LogP contribution in [0.25, 0.3) is 0 Å². The number of carboxylic acid groups (broad SMARTS) is 1. The predicted molar refractivity (Wildman–Crippen MR) is 72.4 cm³/mol. The Bertz CT molecular complexity index is 649. The second kappa shape index (κ2) is 8.90. The Balaban J connectivity index is 0.000000351. The third kappa shape index (κ3) is 6.38. The molecule has 2 aromatic rings. The number of ether oxygens (including phenoxy) is 1. The normalized spacial score (nSPS) is 10.8. The number of aromatic nitrogens is 1. The molecule has 0 fully saturated rings. The highest BCUT2D eigenvalue weighted by Gasteiger charge is 2.28. The van der Waals surface area contributed by atoms with Gasteiger partial charge in [-0.25, -0.2) is 0 Å². The van der Waals surface area contributed by atoms with E-state index in [2.05, 4.69) is 17.3 Å². The Morgan fingerprint density at radius 3 is 2.21 bits per heavy atom. The van der Waals surface area contributed by atoms with Gasteiger partial charge >= 0.3 is 27.4 Å². The summed E-state index contributed by atoms with van der Waals surface area (Å²) in [6.45, 7) is 4.00. The van der Waals surface area contributed by atoms with E-state index in [1.54, 1.807) is 7.11 Å². The van der Waals surface area contributed by atoms with Crippen LogP contribution in [0.15, 0.2) is 28.8 Å². The highest BCUT2D eigenvalue weighted by Crippen LogP contribution is 2.11. The number of rotatable bonds is 4. The second-order valence-electron chi connectivity index (χ2n) is 4.54. The standard InChI is InChI=1S/C13H15INO2.C2HF3O2/c1-9-13(10(2)17-15-9)14-8-11-4-6-12(16-3)7-5-11;3-2(4,5)1(6)7/h4-7H,8H2,1-3H3;(H,6,7)/q+1;/p-1. The zero-order valence-corrected chi connectivity index (χ0v) is 15.3. The number of methoxy groups -OCH3 is 1. The Kier molecular flexibility index (Phi) is 7.52. The largest absolute Gasteiger partial charge is 0.542 e. The van der Waals surface area contributed by atoms with Gasteiger partial charge in [0.2, 0.25) is 0 Å². The van der Waals surface area contributed by atoms with E-state index in [0.717, 1.165) is 21.6 Å². The van der Waals surface area contributed by atoms with Crippen LogP contribution >= 0.6 is 0 Å². The lowest BCUT2D eigenvalue weighted by Gasteiger charge is -2.03. The zero-order chi connectivity index (χ0) is 18.3. The molecule has 0 spiro atoms. The molecule has 9 heteroatoms. The van der Waals surface area contributed by atoms with Crippen LogP contribution in [0, 0.1) is 17.4 Å². The number of carboxylic acids is 1. The van der Waals surface area contributed by atoms with E-state index < -0.39 is 12.1 Å². The van der Waals surface area contributed by atoms with Crippen molar-refractivity contribution < 1.29 is 53.5 Å². The summed E-state index contributed by atoms with van der Waals surface area (Å²) in [7, 11) is 1.69. The summed E-state index contributed by atoms with van der Waals surface area (Å²) < 4.78 is 44.3. The summed E-state index contributed by atoms with van der Waals surface area (Å²) in [6, 6.07) is 8.26. The second-order valence-corrected chi connectivity index (χ2v) is 7.14. The first kappa shape index (κ1) is 20.3. The lowest BCUT2D eigenvalue weighted by atomic mass is 10.2. The van der Waals surface area contributed by atoms with Gasteiger partial charge < -0.3 is 19.2 Å². The molecule has 0 atom stereocenters. The van der Waals surface area contributed by atoms with Crippen LogP contribution in [0.3, 0.4) is 0 Å². The van der Waals surface area contributed by atoms with Crippen LogP contribution in [0.1, 0.15) is 17.0 Å². The number of hydrogen-bond acceptors (Lipinski definition) is 5. The van der Waals surface area contributed by atoms with E-state index in [1.807, 2.05) is 26.0 Å². The van der Waals surface area contributed by atoms with Crippen molar-refractivity contribution in [3.05, 3.63) is 44.9 Å². The van der Waals surface area contributed by atoms with Gasteiger partial charge in [-0.15, -0.1) is 0 Å². The Morgan fingerprint density at radius 2 is 1.83 bits per heavy atom. The minimum Gasteiger partial charge on any atom is -0.542 e. The summed E-state index contributed by atoms with van der Waals surface area (Å²) in [5.74, 6) is -1.12. The molecule has 1 heterocycles. The molecule has 1 aromatic carbocycles. The molecule has 0 aliphatic rings. The summed E-state index contributed by atoms with van der Waals surface area (Å²) >= 11 is -0.0692. The average molecular weight is 457 g/mol. The van der Waals surface area contributed by atoms with Crippen LogP contribution in [-0.4, -0.2) is 24.4 Å².